The summed E-state index contributed by atoms with van der Waals surface area (Å²) in [7, 11) is 4.00. The van der Waals surface area contributed by atoms with Gasteiger partial charge in [-0.1, -0.05) is 30.3 Å². The number of benzene rings is 2. The molecule has 6 rings (SSSR count). The predicted octanol–water partition coefficient (Wildman–Crippen LogP) is 3.12. The van der Waals surface area contributed by atoms with E-state index >= 15 is 0 Å². The van der Waals surface area contributed by atoms with Gasteiger partial charge in [-0.25, -0.2) is 4.98 Å². The molecule has 2 fully saturated rings. The van der Waals surface area contributed by atoms with Crippen molar-refractivity contribution in [2.75, 3.05) is 52.0 Å². The van der Waals surface area contributed by atoms with Gasteiger partial charge in [0.2, 0.25) is 0 Å². The number of nitrogens with one attached hydrogen (secondary N) is 1. The fourth-order valence-corrected chi connectivity index (χ4v) is 5.81. The summed E-state index contributed by atoms with van der Waals surface area (Å²) in [5, 5.41) is 7.23. The molecule has 0 radical (unpaired) electrons. The van der Waals surface area contributed by atoms with Crippen LogP contribution in [0.2, 0.25) is 0 Å². The highest BCUT2D eigenvalue weighted by molar-refractivity contribution is 6.00. The molecule has 0 spiro atoms. The molecule has 2 aliphatic heterocycles. The minimum atomic E-state index is -0.297. The number of likely N-dealkylation sites (N-methyl/N-ethyl adjacent to an activating group) is 1. The van der Waals surface area contributed by atoms with Crippen LogP contribution in [0, 0.1) is 0 Å². The van der Waals surface area contributed by atoms with E-state index in [1.54, 1.807) is 28.0 Å². The van der Waals surface area contributed by atoms with Crippen LogP contribution in [0.15, 0.2) is 73.2 Å². The first-order valence-corrected chi connectivity index (χ1v) is 14.8. The van der Waals surface area contributed by atoms with Crippen LogP contribution in [0.1, 0.15) is 32.7 Å². The SMILES string of the molecule is CN1CCN(Cc2cccc(-c3ccc(C(=O)N4CC[C@@H](NC(=O)c5cc(-c6cnn(C)c6)cnc5N)C4)cc3)c2)CC1. The molecule has 4 aromatic rings. The van der Waals surface area contributed by atoms with Gasteiger partial charge < -0.3 is 20.9 Å². The van der Waals surface area contributed by atoms with Gasteiger partial charge in [0.1, 0.15) is 5.82 Å². The smallest absolute Gasteiger partial charge is 0.255 e. The number of nitrogens with two attached hydrogens (primary N) is 1. The second-order valence-electron chi connectivity index (χ2n) is 11.6. The Hall–Kier alpha value is -4.54. The number of aryl methyl sites for hydroxylation is 1. The van der Waals surface area contributed by atoms with Gasteiger partial charge in [-0.2, -0.15) is 5.10 Å². The van der Waals surface area contributed by atoms with E-state index in [1.807, 2.05) is 37.5 Å². The van der Waals surface area contributed by atoms with E-state index in [0.29, 0.717) is 30.6 Å². The zero-order valence-corrected chi connectivity index (χ0v) is 24.7. The molecule has 0 aliphatic carbocycles. The van der Waals surface area contributed by atoms with Crippen molar-refractivity contribution in [3.63, 3.8) is 0 Å². The maximum Gasteiger partial charge on any atom is 0.255 e. The quantitative estimate of drug-likeness (QED) is 0.347. The van der Waals surface area contributed by atoms with Gasteiger partial charge in [0.15, 0.2) is 0 Å². The summed E-state index contributed by atoms with van der Waals surface area (Å²) in [4.78, 5) is 37.3. The standard InChI is InChI=1S/C33H38N8O2/c1-38-12-14-40(15-13-38)20-23-4-3-5-26(16-23)24-6-8-25(9-7-24)33(43)41-11-10-29(22-41)37-32(42)30-17-27(18-35-31(30)34)28-19-36-39(2)21-28/h3-9,16-19,21,29H,10-15,20,22H2,1-2H3,(H2,34,35)(H,37,42)/t29-/m1/s1. The number of aromatic nitrogens is 3. The van der Waals surface area contributed by atoms with Crippen molar-refractivity contribution in [3.05, 3.63) is 89.9 Å². The Morgan fingerprint density at radius 1 is 0.907 bits per heavy atom. The number of hydrogen-bond donors (Lipinski definition) is 2. The third kappa shape index (κ3) is 6.60. The largest absolute Gasteiger partial charge is 0.383 e. The fourth-order valence-electron chi connectivity index (χ4n) is 5.81. The van der Waals surface area contributed by atoms with E-state index in [1.165, 1.54) is 5.56 Å². The molecule has 1 atom stereocenters. The lowest BCUT2D eigenvalue weighted by molar-refractivity contribution is 0.0783. The monoisotopic (exact) mass is 578 g/mol. The number of hydrogen-bond acceptors (Lipinski definition) is 7. The molecule has 4 heterocycles. The van der Waals surface area contributed by atoms with Crippen molar-refractivity contribution >= 4 is 17.6 Å². The normalized spacial score (nSPS) is 17.7. The molecule has 2 amide bonds. The van der Waals surface area contributed by atoms with E-state index in [0.717, 1.165) is 55.0 Å². The molecule has 2 aromatic carbocycles. The lowest BCUT2D eigenvalue weighted by Gasteiger charge is -2.32. The number of carbonyl (C=O) groups excluding carboxylic acids is 2. The molecular weight excluding hydrogens is 540 g/mol. The maximum absolute atomic E-state index is 13.3. The third-order valence-electron chi connectivity index (χ3n) is 8.41. The Morgan fingerprint density at radius 3 is 2.44 bits per heavy atom. The maximum atomic E-state index is 13.3. The number of nitrogens with zero attached hydrogens (tertiary/aromatic N) is 6. The molecule has 2 saturated heterocycles. The molecule has 0 saturated carbocycles. The van der Waals surface area contributed by atoms with Gasteiger partial charge in [0.25, 0.3) is 11.8 Å². The number of carbonyl (C=O) groups is 2. The number of rotatable bonds is 7. The Kier molecular flexibility index (Phi) is 8.22. The first-order valence-electron chi connectivity index (χ1n) is 14.8. The molecule has 0 unspecified atom stereocenters. The minimum absolute atomic E-state index is 0.0353. The highest BCUT2D eigenvalue weighted by Crippen LogP contribution is 2.24. The van der Waals surface area contributed by atoms with Crippen molar-refractivity contribution in [2.45, 2.75) is 19.0 Å². The first-order chi connectivity index (χ1) is 20.8. The molecule has 2 aromatic heterocycles. The van der Waals surface area contributed by atoms with Gasteiger partial charge in [-0.3, -0.25) is 19.2 Å². The predicted molar refractivity (Wildman–Crippen MR) is 167 cm³/mol. The highest BCUT2D eigenvalue weighted by Gasteiger charge is 2.29. The van der Waals surface area contributed by atoms with Crippen LogP contribution in [-0.2, 0) is 13.6 Å². The Labute approximate surface area is 252 Å². The summed E-state index contributed by atoms with van der Waals surface area (Å²) in [6, 6.07) is 18.0. The number of anilines is 1. The summed E-state index contributed by atoms with van der Waals surface area (Å²) in [5.74, 6) is -0.165. The van der Waals surface area contributed by atoms with E-state index in [9.17, 15) is 9.59 Å². The fraction of sp³-hybridized carbons (Fsp3) is 0.333. The third-order valence-corrected chi connectivity index (χ3v) is 8.41. The Balaban J connectivity index is 1.06. The molecule has 10 nitrogen and oxygen atoms in total. The number of nitrogen functional groups attached to an aromatic ring is 1. The highest BCUT2D eigenvalue weighted by atomic mass is 16.2. The molecule has 0 bridgehead atoms. The van der Waals surface area contributed by atoms with E-state index in [4.69, 9.17) is 5.73 Å². The lowest BCUT2D eigenvalue weighted by atomic mass is 10.0. The zero-order valence-electron chi connectivity index (χ0n) is 24.7. The first kappa shape index (κ1) is 28.6. The van der Waals surface area contributed by atoms with Crippen molar-refractivity contribution < 1.29 is 9.59 Å². The van der Waals surface area contributed by atoms with Crippen LogP contribution in [0.5, 0.6) is 0 Å². The van der Waals surface area contributed by atoms with Gasteiger partial charge in [-0.05, 0) is 54.4 Å². The number of piperazine rings is 1. The summed E-state index contributed by atoms with van der Waals surface area (Å²) in [6.45, 7) is 6.34. The molecule has 10 heteroatoms. The second-order valence-corrected chi connectivity index (χ2v) is 11.6. The number of pyridine rings is 1. The summed E-state index contributed by atoms with van der Waals surface area (Å²) < 4.78 is 1.69. The average molecular weight is 579 g/mol. The van der Waals surface area contributed by atoms with E-state index in [2.05, 4.69) is 56.5 Å². The van der Waals surface area contributed by atoms with Crippen molar-refractivity contribution in [1.82, 2.24) is 34.8 Å². The Morgan fingerprint density at radius 2 is 1.70 bits per heavy atom. The average Bonchev–Trinajstić information content (AvgIpc) is 3.67. The van der Waals surface area contributed by atoms with Gasteiger partial charge in [0.05, 0.1) is 11.8 Å². The topological polar surface area (TPSA) is 113 Å². The summed E-state index contributed by atoms with van der Waals surface area (Å²) in [6.07, 6.45) is 5.88. The van der Waals surface area contributed by atoms with E-state index in [-0.39, 0.29) is 23.7 Å². The summed E-state index contributed by atoms with van der Waals surface area (Å²) >= 11 is 0. The van der Waals surface area contributed by atoms with Crippen molar-refractivity contribution in [1.29, 1.82) is 0 Å². The Bertz CT molecular complexity index is 1610. The lowest BCUT2D eigenvalue weighted by Crippen LogP contribution is -2.43. The van der Waals surface area contributed by atoms with Crippen LogP contribution in [0.4, 0.5) is 5.82 Å². The van der Waals surface area contributed by atoms with Gasteiger partial charge >= 0.3 is 0 Å². The second kappa shape index (κ2) is 12.4. The van der Waals surface area contributed by atoms with Gasteiger partial charge in [-0.15, -0.1) is 0 Å². The van der Waals surface area contributed by atoms with E-state index < -0.39 is 0 Å². The molecule has 3 N–H and O–H groups in total. The van der Waals surface area contributed by atoms with Gasteiger partial charge in [0, 0.05) is 88.0 Å². The number of likely N-dealkylation sites (tertiary alicyclic amines) is 1. The number of amides is 2. The van der Waals surface area contributed by atoms with Crippen LogP contribution in [0.3, 0.4) is 0 Å². The molecule has 222 valence electrons. The van der Waals surface area contributed by atoms with Crippen molar-refractivity contribution in [2.24, 2.45) is 7.05 Å². The molecule has 2 aliphatic rings. The zero-order chi connectivity index (χ0) is 29.9. The van der Waals surface area contributed by atoms with Crippen LogP contribution in [0.25, 0.3) is 22.3 Å². The minimum Gasteiger partial charge on any atom is -0.383 e. The molecular formula is C33H38N8O2. The van der Waals surface area contributed by atoms with Crippen LogP contribution >= 0.6 is 0 Å². The van der Waals surface area contributed by atoms with Crippen LogP contribution < -0.4 is 11.1 Å². The summed E-state index contributed by atoms with van der Waals surface area (Å²) in [5.41, 5.74) is 12.2. The van der Waals surface area contributed by atoms with Crippen LogP contribution in [-0.4, -0.2) is 93.6 Å². The van der Waals surface area contributed by atoms with Crippen molar-refractivity contribution in [3.8, 4) is 22.3 Å². The molecule has 43 heavy (non-hydrogen) atoms.